The highest BCUT2D eigenvalue weighted by Gasteiger charge is 2.68. The van der Waals surface area contributed by atoms with Gasteiger partial charge in [-0.3, -0.25) is 4.79 Å². The second kappa shape index (κ2) is 4.25. The normalized spacial score (nSPS) is 14.4. The fourth-order valence-corrected chi connectivity index (χ4v) is 0.874. The van der Waals surface area contributed by atoms with Crippen LogP contribution in [0.4, 0.5) is 26.3 Å². The Kier molecular flexibility index (Phi) is 4.05. The van der Waals surface area contributed by atoms with E-state index in [1.165, 1.54) is 6.92 Å². The third-order valence-corrected chi connectivity index (χ3v) is 2.48. The van der Waals surface area contributed by atoms with Crippen molar-refractivity contribution < 1.29 is 31.1 Å². The summed E-state index contributed by atoms with van der Waals surface area (Å²) in [6.45, 7) is 3.34. The van der Waals surface area contributed by atoms with E-state index in [2.05, 4.69) is 0 Å². The van der Waals surface area contributed by atoms with Crippen molar-refractivity contribution in [1.29, 1.82) is 0 Å². The van der Waals surface area contributed by atoms with Crippen molar-refractivity contribution in [3.8, 4) is 0 Å². The first-order valence-corrected chi connectivity index (χ1v) is 4.50. The van der Waals surface area contributed by atoms with Crippen molar-refractivity contribution in [2.45, 2.75) is 45.5 Å². The quantitative estimate of drug-likeness (QED) is 0.682. The van der Waals surface area contributed by atoms with Crippen molar-refractivity contribution in [3.05, 3.63) is 0 Å². The molecule has 0 radical (unpaired) electrons. The molecule has 0 bridgehead atoms. The molecule has 0 heterocycles. The molecule has 0 aromatic rings. The Labute approximate surface area is 88.8 Å². The second-order valence-electron chi connectivity index (χ2n) is 4.06. The molecular weight excluding hydrogens is 238 g/mol. The van der Waals surface area contributed by atoms with E-state index in [4.69, 9.17) is 0 Å². The van der Waals surface area contributed by atoms with Crippen LogP contribution in [-0.2, 0) is 4.79 Å². The summed E-state index contributed by atoms with van der Waals surface area (Å²) in [7, 11) is 0. The van der Waals surface area contributed by atoms with Crippen LogP contribution in [0, 0.1) is 5.41 Å². The third-order valence-electron chi connectivity index (χ3n) is 2.48. The summed E-state index contributed by atoms with van der Waals surface area (Å²) < 4.78 is 74.5. The zero-order valence-electron chi connectivity index (χ0n) is 8.96. The molecule has 0 atom stereocenters. The summed E-state index contributed by atoms with van der Waals surface area (Å²) >= 11 is 0. The monoisotopic (exact) mass is 250 g/mol. The fourth-order valence-electron chi connectivity index (χ4n) is 0.874. The van der Waals surface area contributed by atoms with Crippen LogP contribution in [0.5, 0.6) is 0 Å². The molecule has 16 heavy (non-hydrogen) atoms. The van der Waals surface area contributed by atoms with Crippen molar-refractivity contribution in [2.75, 3.05) is 0 Å². The highest BCUT2D eigenvalue weighted by atomic mass is 19.3. The molecule has 0 aromatic carbocycles. The summed E-state index contributed by atoms with van der Waals surface area (Å²) in [4.78, 5) is 11.1. The maximum atomic E-state index is 12.9. The smallest absolute Gasteiger partial charge is 0.292 e. The molecule has 0 amide bonds. The van der Waals surface area contributed by atoms with Crippen LogP contribution in [0.3, 0.4) is 0 Å². The molecular formula is C9H12F6O. The Morgan fingerprint density at radius 1 is 1.12 bits per heavy atom. The van der Waals surface area contributed by atoms with Gasteiger partial charge in [-0.05, 0) is 6.42 Å². The van der Waals surface area contributed by atoms with Crippen LogP contribution in [0.15, 0.2) is 0 Å². The second-order valence-corrected chi connectivity index (χ2v) is 4.06. The van der Waals surface area contributed by atoms with Gasteiger partial charge in [0.1, 0.15) is 0 Å². The molecule has 1 nitrogen and oxygen atoms in total. The number of rotatable bonds is 5. The van der Waals surface area contributed by atoms with Crippen LogP contribution in [0.2, 0.25) is 0 Å². The van der Waals surface area contributed by atoms with Gasteiger partial charge in [0.2, 0.25) is 5.78 Å². The first-order chi connectivity index (χ1) is 6.91. The molecule has 0 unspecified atom stereocenters. The van der Waals surface area contributed by atoms with Crippen molar-refractivity contribution in [3.63, 3.8) is 0 Å². The minimum absolute atomic E-state index is 0.152. The predicted molar refractivity (Wildman–Crippen MR) is 45.0 cm³/mol. The van der Waals surface area contributed by atoms with E-state index in [0.29, 0.717) is 0 Å². The summed E-state index contributed by atoms with van der Waals surface area (Å²) in [5.41, 5.74) is -1.78. The standard InChI is InChI=1S/C9H12F6O/c1-4-7(2,3)5(16)8(12,13)9(14,15)6(10)11/h6H,4H2,1-3H3. The van der Waals surface area contributed by atoms with Gasteiger partial charge < -0.3 is 0 Å². The number of hydrogen-bond acceptors (Lipinski definition) is 1. The summed E-state index contributed by atoms with van der Waals surface area (Å²) in [5, 5.41) is 0. The van der Waals surface area contributed by atoms with E-state index in [1.54, 1.807) is 0 Å². The molecule has 0 saturated heterocycles. The van der Waals surface area contributed by atoms with Gasteiger partial charge in [-0.15, -0.1) is 0 Å². The Morgan fingerprint density at radius 2 is 1.50 bits per heavy atom. The van der Waals surface area contributed by atoms with Gasteiger partial charge in [0, 0.05) is 5.41 Å². The van der Waals surface area contributed by atoms with E-state index in [0.717, 1.165) is 13.8 Å². The van der Waals surface area contributed by atoms with Crippen LogP contribution in [-0.4, -0.2) is 24.1 Å². The number of carbonyl (C=O) groups is 1. The lowest BCUT2D eigenvalue weighted by Gasteiger charge is -2.31. The Balaban J connectivity index is 5.30. The molecule has 0 rings (SSSR count). The Bertz CT molecular complexity index is 271. The minimum Gasteiger partial charge on any atom is -0.292 e. The molecule has 0 saturated carbocycles. The molecule has 0 fully saturated rings. The highest BCUT2D eigenvalue weighted by molar-refractivity contribution is 5.91. The van der Waals surface area contributed by atoms with Crippen molar-refractivity contribution >= 4 is 5.78 Å². The largest absolute Gasteiger partial charge is 0.376 e. The fraction of sp³-hybridized carbons (Fsp3) is 0.889. The molecule has 0 aromatic heterocycles. The summed E-state index contributed by atoms with van der Waals surface area (Å²) in [6, 6.07) is 0. The number of Topliss-reactive ketones (excluding diaryl/α,β-unsaturated/α-hetero) is 1. The Morgan fingerprint density at radius 3 is 1.75 bits per heavy atom. The Hall–Kier alpha value is -0.750. The van der Waals surface area contributed by atoms with E-state index >= 15 is 0 Å². The van der Waals surface area contributed by atoms with Gasteiger partial charge in [-0.2, -0.15) is 17.6 Å². The third kappa shape index (κ3) is 2.32. The van der Waals surface area contributed by atoms with Gasteiger partial charge >= 0.3 is 18.3 Å². The van der Waals surface area contributed by atoms with Crippen LogP contribution < -0.4 is 0 Å². The average molecular weight is 250 g/mol. The van der Waals surface area contributed by atoms with Gasteiger partial charge in [0.25, 0.3) is 0 Å². The first kappa shape index (κ1) is 15.2. The number of carbonyl (C=O) groups excluding carboxylic acids is 1. The lowest BCUT2D eigenvalue weighted by Crippen LogP contribution is -2.55. The number of alkyl halides is 6. The number of hydrogen-bond donors (Lipinski definition) is 0. The number of ketones is 1. The molecule has 0 N–H and O–H groups in total. The molecule has 96 valence electrons. The lowest BCUT2D eigenvalue weighted by atomic mass is 9.81. The lowest BCUT2D eigenvalue weighted by molar-refractivity contribution is -0.257. The van der Waals surface area contributed by atoms with Crippen LogP contribution in [0.25, 0.3) is 0 Å². The first-order valence-electron chi connectivity index (χ1n) is 4.50. The van der Waals surface area contributed by atoms with E-state index in [-0.39, 0.29) is 6.42 Å². The van der Waals surface area contributed by atoms with Crippen molar-refractivity contribution in [2.24, 2.45) is 5.41 Å². The van der Waals surface area contributed by atoms with E-state index < -0.39 is 29.5 Å². The van der Waals surface area contributed by atoms with Crippen LogP contribution in [0.1, 0.15) is 27.2 Å². The SMILES string of the molecule is CCC(C)(C)C(=O)C(F)(F)C(F)(F)C(F)F. The molecule has 0 aliphatic heterocycles. The molecule has 0 aliphatic carbocycles. The van der Waals surface area contributed by atoms with Gasteiger partial charge in [-0.25, -0.2) is 8.78 Å². The van der Waals surface area contributed by atoms with Gasteiger partial charge in [0.05, 0.1) is 0 Å². The van der Waals surface area contributed by atoms with E-state index in [1.807, 2.05) is 0 Å². The zero-order chi connectivity index (χ0) is 13.4. The summed E-state index contributed by atoms with van der Waals surface area (Å²) in [6.07, 6.45) is -4.74. The minimum atomic E-state index is -5.64. The maximum Gasteiger partial charge on any atom is 0.376 e. The highest BCUT2D eigenvalue weighted by Crippen LogP contribution is 2.44. The molecule has 7 heteroatoms. The topological polar surface area (TPSA) is 17.1 Å². The van der Waals surface area contributed by atoms with Gasteiger partial charge in [-0.1, -0.05) is 20.8 Å². The predicted octanol–water partition coefficient (Wildman–Crippen LogP) is 3.53. The maximum absolute atomic E-state index is 12.9. The summed E-state index contributed by atoms with van der Waals surface area (Å²) in [5.74, 6) is -13.2. The van der Waals surface area contributed by atoms with Gasteiger partial charge in [0.15, 0.2) is 0 Å². The van der Waals surface area contributed by atoms with E-state index in [9.17, 15) is 31.1 Å². The zero-order valence-corrected chi connectivity index (χ0v) is 8.96. The average Bonchev–Trinajstić information content (AvgIpc) is 2.15. The molecule has 0 spiro atoms. The van der Waals surface area contributed by atoms with Crippen molar-refractivity contribution in [1.82, 2.24) is 0 Å². The molecule has 0 aliphatic rings. The van der Waals surface area contributed by atoms with Crippen LogP contribution >= 0.6 is 0 Å². The number of halogens is 6.